The van der Waals surface area contributed by atoms with Crippen LogP contribution in [0.25, 0.3) is 0 Å². The molecule has 5 heteroatoms. The highest BCUT2D eigenvalue weighted by atomic mass is 16.4. The van der Waals surface area contributed by atoms with Crippen LogP contribution in [0.2, 0.25) is 0 Å². The molecule has 5 nitrogen and oxygen atoms in total. The molecule has 0 saturated heterocycles. The first kappa shape index (κ1) is 14.0. The van der Waals surface area contributed by atoms with Crippen molar-refractivity contribution in [3.63, 3.8) is 0 Å². The normalized spacial score (nSPS) is 11.9. The zero-order chi connectivity index (χ0) is 13.7. The fourth-order valence-electron chi connectivity index (χ4n) is 1.57. The van der Waals surface area contributed by atoms with Gasteiger partial charge in [0.1, 0.15) is 0 Å². The van der Waals surface area contributed by atoms with Gasteiger partial charge in [-0.2, -0.15) is 0 Å². The van der Waals surface area contributed by atoms with Gasteiger partial charge in [-0.3, -0.25) is 9.59 Å². The Morgan fingerprint density at radius 3 is 2.33 bits per heavy atom. The third-order valence-electron chi connectivity index (χ3n) is 2.74. The van der Waals surface area contributed by atoms with E-state index in [1.54, 1.807) is 31.2 Å². The maximum Gasteiger partial charge on any atom is 0.308 e. The number of carboxylic acids is 1. The molecule has 1 rings (SSSR count). The number of carbonyl (C=O) groups excluding carboxylic acids is 1. The molecule has 0 aliphatic heterocycles. The summed E-state index contributed by atoms with van der Waals surface area (Å²) in [6.45, 7) is 4.08. The fraction of sp³-hybridized carbons (Fsp3) is 0.385. The molecule has 1 atom stereocenters. The zero-order valence-electron chi connectivity index (χ0n) is 10.6. The summed E-state index contributed by atoms with van der Waals surface area (Å²) < 4.78 is 0. The molecule has 1 aromatic rings. The third-order valence-corrected chi connectivity index (χ3v) is 2.74. The Morgan fingerprint density at radius 1 is 1.33 bits per heavy atom. The summed E-state index contributed by atoms with van der Waals surface area (Å²) in [5.74, 6) is -1.66. The Labute approximate surface area is 106 Å². The van der Waals surface area contributed by atoms with E-state index in [2.05, 4.69) is 0 Å². The number of nitrogen functional groups attached to an aromatic ring is 1. The predicted molar refractivity (Wildman–Crippen MR) is 69.2 cm³/mol. The SMILES string of the molecule is CCN(CC(C)C(=O)O)C(=O)c1ccc(N)cc1. The Bertz CT molecular complexity index is 428. The molecule has 0 saturated carbocycles. The van der Waals surface area contributed by atoms with Crippen molar-refractivity contribution in [1.82, 2.24) is 4.90 Å². The number of carbonyl (C=O) groups is 2. The molecule has 98 valence electrons. The number of carboxylic acid groups (broad SMARTS) is 1. The molecular weight excluding hydrogens is 232 g/mol. The van der Waals surface area contributed by atoms with E-state index in [4.69, 9.17) is 10.8 Å². The molecule has 0 fully saturated rings. The van der Waals surface area contributed by atoms with E-state index in [0.717, 1.165) is 0 Å². The van der Waals surface area contributed by atoms with Crippen LogP contribution >= 0.6 is 0 Å². The van der Waals surface area contributed by atoms with E-state index in [9.17, 15) is 9.59 Å². The van der Waals surface area contributed by atoms with Crippen LogP contribution in [0, 0.1) is 5.92 Å². The maximum atomic E-state index is 12.1. The largest absolute Gasteiger partial charge is 0.481 e. The van der Waals surface area contributed by atoms with Crippen LogP contribution in [0.5, 0.6) is 0 Å². The maximum absolute atomic E-state index is 12.1. The van der Waals surface area contributed by atoms with Crippen LogP contribution in [0.15, 0.2) is 24.3 Å². The average molecular weight is 250 g/mol. The number of nitrogens with two attached hydrogens (primary N) is 1. The van der Waals surface area contributed by atoms with Crippen LogP contribution in [0.3, 0.4) is 0 Å². The number of aliphatic carboxylic acids is 1. The van der Waals surface area contributed by atoms with Gasteiger partial charge in [0.05, 0.1) is 5.92 Å². The molecule has 0 spiro atoms. The zero-order valence-corrected chi connectivity index (χ0v) is 10.6. The molecule has 1 amide bonds. The fourth-order valence-corrected chi connectivity index (χ4v) is 1.57. The minimum atomic E-state index is -0.904. The van der Waals surface area contributed by atoms with Crippen LogP contribution in [0.4, 0.5) is 5.69 Å². The summed E-state index contributed by atoms with van der Waals surface area (Å²) in [4.78, 5) is 24.5. The number of anilines is 1. The molecule has 0 aliphatic rings. The van der Waals surface area contributed by atoms with Gasteiger partial charge in [-0.1, -0.05) is 6.92 Å². The van der Waals surface area contributed by atoms with Crippen LogP contribution < -0.4 is 5.73 Å². The van der Waals surface area contributed by atoms with Crippen LogP contribution in [0.1, 0.15) is 24.2 Å². The van der Waals surface area contributed by atoms with E-state index in [1.165, 1.54) is 4.90 Å². The van der Waals surface area contributed by atoms with E-state index >= 15 is 0 Å². The second-order valence-corrected chi connectivity index (χ2v) is 4.21. The molecule has 0 aromatic heterocycles. The summed E-state index contributed by atoms with van der Waals surface area (Å²) in [5.41, 5.74) is 6.66. The molecule has 0 aliphatic carbocycles. The van der Waals surface area contributed by atoms with E-state index in [1.807, 2.05) is 6.92 Å². The van der Waals surface area contributed by atoms with Gasteiger partial charge in [0, 0.05) is 24.3 Å². The number of rotatable bonds is 5. The van der Waals surface area contributed by atoms with Crippen molar-refractivity contribution in [3.8, 4) is 0 Å². The van der Waals surface area contributed by atoms with Gasteiger partial charge in [0.15, 0.2) is 0 Å². The van der Waals surface area contributed by atoms with Crippen molar-refractivity contribution < 1.29 is 14.7 Å². The second-order valence-electron chi connectivity index (χ2n) is 4.21. The molecular formula is C13H18N2O3. The summed E-state index contributed by atoms with van der Waals surface area (Å²) in [6, 6.07) is 6.60. The van der Waals surface area contributed by atoms with Gasteiger partial charge in [-0.15, -0.1) is 0 Å². The van der Waals surface area contributed by atoms with Crippen molar-refractivity contribution >= 4 is 17.6 Å². The number of nitrogens with zero attached hydrogens (tertiary/aromatic N) is 1. The highest BCUT2D eigenvalue weighted by Crippen LogP contribution is 2.10. The van der Waals surface area contributed by atoms with E-state index < -0.39 is 11.9 Å². The lowest BCUT2D eigenvalue weighted by Crippen LogP contribution is -2.36. The van der Waals surface area contributed by atoms with E-state index in [0.29, 0.717) is 17.8 Å². The molecule has 0 radical (unpaired) electrons. The van der Waals surface area contributed by atoms with Gasteiger partial charge in [0.2, 0.25) is 0 Å². The second kappa shape index (κ2) is 6.05. The number of amides is 1. The summed E-state index contributed by atoms with van der Waals surface area (Å²) in [6.07, 6.45) is 0. The summed E-state index contributed by atoms with van der Waals surface area (Å²) >= 11 is 0. The van der Waals surface area contributed by atoms with Crippen LogP contribution in [-0.4, -0.2) is 35.0 Å². The summed E-state index contributed by atoms with van der Waals surface area (Å²) in [5, 5.41) is 8.86. The summed E-state index contributed by atoms with van der Waals surface area (Å²) in [7, 11) is 0. The van der Waals surface area contributed by atoms with E-state index in [-0.39, 0.29) is 12.5 Å². The standard InChI is InChI=1S/C13H18N2O3/c1-3-15(8-9(2)13(17)18)12(16)10-4-6-11(14)7-5-10/h4-7,9H,3,8,14H2,1-2H3,(H,17,18). The minimum absolute atomic E-state index is 0.175. The van der Waals surface area contributed by atoms with Gasteiger partial charge in [0.25, 0.3) is 5.91 Å². The van der Waals surface area contributed by atoms with Crippen molar-refractivity contribution in [2.24, 2.45) is 5.92 Å². The quantitative estimate of drug-likeness (QED) is 0.775. The first-order valence-corrected chi connectivity index (χ1v) is 5.83. The predicted octanol–water partition coefficient (Wildman–Crippen LogP) is 1.45. The number of benzene rings is 1. The Balaban J connectivity index is 2.79. The monoisotopic (exact) mass is 250 g/mol. The molecule has 0 bridgehead atoms. The van der Waals surface area contributed by atoms with Gasteiger partial charge < -0.3 is 15.7 Å². The number of hydrogen-bond donors (Lipinski definition) is 2. The molecule has 1 aromatic carbocycles. The van der Waals surface area contributed by atoms with Crippen molar-refractivity contribution in [2.75, 3.05) is 18.8 Å². The first-order valence-electron chi connectivity index (χ1n) is 5.83. The Kier molecular flexibility index (Phi) is 4.71. The lowest BCUT2D eigenvalue weighted by atomic mass is 10.1. The molecule has 1 unspecified atom stereocenters. The van der Waals surface area contributed by atoms with Crippen LogP contribution in [-0.2, 0) is 4.79 Å². The number of hydrogen-bond acceptors (Lipinski definition) is 3. The Morgan fingerprint density at radius 2 is 1.89 bits per heavy atom. The highest BCUT2D eigenvalue weighted by molar-refractivity contribution is 5.94. The smallest absolute Gasteiger partial charge is 0.308 e. The lowest BCUT2D eigenvalue weighted by molar-refractivity contribution is -0.141. The third kappa shape index (κ3) is 3.48. The molecule has 3 N–H and O–H groups in total. The molecule has 0 heterocycles. The van der Waals surface area contributed by atoms with Gasteiger partial charge in [-0.05, 0) is 31.2 Å². The van der Waals surface area contributed by atoms with Gasteiger partial charge >= 0.3 is 5.97 Å². The van der Waals surface area contributed by atoms with Gasteiger partial charge in [-0.25, -0.2) is 0 Å². The average Bonchev–Trinajstić information content (AvgIpc) is 2.35. The topological polar surface area (TPSA) is 83.6 Å². The van der Waals surface area contributed by atoms with Crippen molar-refractivity contribution in [1.29, 1.82) is 0 Å². The Hall–Kier alpha value is -2.04. The highest BCUT2D eigenvalue weighted by Gasteiger charge is 2.20. The van der Waals surface area contributed by atoms with Crippen molar-refractivity contribution in [2.45, 2.75) is 13.8 Å². The first-order chi connectivity index (χ1) is 8.45. The molecule has 18 heavy (non-hydrogen) atoms. The minimum Gasteiger partial charge on any atom is -0.481 e. The lowest BCUT2D eigenvalue weighted by Gasteiger charge is -2.23. The van der Waals surface area contributed by atoms with Crippen molar-refractivity contribution in [3.05, 3.63) is 29.8 Å².